The number of aromatic hydroxyl groups is 1. The van der Waals surface area contributed by atoms with Crippen molar-refractivity contribution in [1.82, 2.24) is 14.5 Å². The van der Waals surface area contributed by atoms with Crippen molar-refractivity contribution in [2.45, 2.75) is 18.9 Å². The largest absolute Gasteiger partial charge is 0.507 e. The van der Waals surface area contributed by atoms with Crippen LogP contribution in [0.25, 0.3) is 22.4 Å². The molecule has 94 valence electrons. The molecular weight excluding hydrogens is 238 g/mol. The van der Waals surface area contributed by atoms with Crippen LogP contribution in [0.3, 0.4) is 0 Å². The second-order valence-electron chi connectivity index (χ2n) is 4.92. The maximum absolute atomic E-state index is 10.0. The molecule has 0 atom stereocenters. The fraction of sp³-hybridized carbons (Fsp3) is 0.200. The van der Waals surface area contributed by atoms with E-state index < -0.39 is 0 Å². The summed E-state index contributed by atoms with van der Waals surface area (Å²) >= 11 is 0. The maximum Gasteiger partial charge on any atom is 0.145 e. The number of nitrogens with zero attached hydrogens (tertiary/aromatic N) is 3. The molecule has 1 fully saturated rings. The monoisotopic (exact) mass is 251 g/mol. The molecule has 2 heterocycles. The van der Waals surface area contributed by atoms with Crippen LogP contribution in [-0.2, 0) is 0 Å². The van der Waals surface area contributed by atoms with Gasteiger partial charge in [0, 0.05) is 12.2 Å². The van der Waals surface area contributed by atoms with Gasteiger partial charge in [-0.05, 0) is 31.0 Å². The summed E-state index contributed by atoms with van der Waals surface area (Å²) in [6.07, 6.45) is 5.91. The van der Waals surface area contributed by atoms with Gasteiger partial charge in [0.25, 0.3) is 0 Å². The average Bonchev–Trinajstić information content (AvgIpc) is 3.19. The number of benzene rings is 1. The first-order valence-corrected chi connectivity index (χ1v) is 6.45. The van der Waals surface area contributed by atoms with Crippen LogP contribution in [0, 0.1) is 0 Å². The van der Waals surface area contributed by atoms with Crippen molar-refractivity contribution in [1.29, 1.82) is 0 Å². The third-order valence-corrected chi connectivity index (χ3v) is 3.55. The number of rotatable bonds is 2. The molecule has 4 nitrogen and oxygen atoms in total. The highest BCUT2D eigenvalue weighted by Gasteiger charge is 2.29. The minimum atomic E-state index is 0.271. The van der Waals surface area contributed by atoms with Gasteiger partial charge >= 0.3 is 0 Å². The van der Waals surface area contributed by atoms with Crippen molar-refractivity contribution in [3.63, 3.8) is 0 Å². The van der Waals surface area contributed by atoms with Crippen molar-refractivity contribution < 1.29 is 5.11 Å². The zero-order valence-corrected chi connectivity index (χ0v) is 10.3. The Morgan fingerprint density at radius 1 is 1.16 bits per heavy atom. The number of hydrogen-bond acceptors (Lipinski definition) is 3. The smallest absolute Gasteiger partial charge is 0.145 e. The summed E-state index contributed by atoms with van der Waals surface area (Å²) in [6, 6.07) is 9.84. The number of hydrogen-bond donors (Lipinski definition) is 1. The minimum absolute atomic E-state index is 0.271. The molecule has 0 radical (unpaired) electrons. The third kappa shape index (κ3) is 1.60. The van der Waals surface area contributed by atoms with Gasteiger partial charge in [0.05, 0.1) is 17.3 Å². The maximum atomic E-state index is 10.0. The summed E-state index contributed by atoms with van der Waals surface area (Å²) in [5, 5.41) is 10.0. The van der Waals surface area contributed by atoms with E-state index in [9.17, 15) is 5.11 Å². The van der Waals surface area contributed by atoms with E-state index in [2.05, 4.69) is 14.5 Å². The van der Waals surface area contributed by atoms with E-state index in [0.717, 1.165) is 22.4 Å². The Balaban J connectivity index is 2.04. The molecular formula is C15H13N3O. The summed E-state index contributed by atoms with van der Waals surface area (Å²) in [5.41, 5.74) is 2.76. The van der Waals surface area contributed by atoms with Gasteiger partial charge in [0.15, 0.2) is 0 Å². The standard InChI is InChI=1S/C15H13N3O/c19-14-4-2-1-3-11(14)15-17-12-9-16-8-7-13(12)18(15)10-5-6-10/h1-4,7-10,19H,5-6H2. The number of phenols is 1. The van der Waals surface area contributed by atoms with Crippen LogP contribution in [0.2, 0.25) is 0 Å². The molecule has 1 N–H and O–H groups in total. The normalized spacial score (nSPS) is 14.9. The number of imidazole rings is 1. The second kappa shape index (κ2) is 3.82. The number of pyridine rings is 1. The Hall–Kier alpha value is -2.36. The number of aromatic nitrogens is 3. The van der Waals surface area contributed by atoms with Crippen molar-refractivity contribution in [3.8, 4) is 17.1 Å². The average molecular weight is 251 g/mol. The highest BCUT2D eigenvalue weighted by atomic mass is 16.3. The highest BCUT2D eigenvalue weighted by molar-refractivity contribution is 5.81. The first-order chi connectivity index (χ1) is 9.34. The van der Waals surface area contributed by atoms with E-state index in [0.29, 0.717) is 6.04 Å². The lowest BCUT2D eigenvalue weighted by Crippen LogP contribution is -1.97. The SMILES string of the molecule is Oc1ccccc1-c1nc2cnccc2n1C1CC1. The van der Waals surface area contributed by atoms with E-state index in [4.69, 9.17) is 0 Å². The van der Waals surface area contributed by atoms with Gasteiger partial charge in [0.1, 0.15) is 17.1 Å². The molecule has 0 aliphatic heterocycles. The Bertz CT molecular complexity index is 759. The van der Waals surface area contributed by atoms with Gasteiger partial charge in [-0.15, -0.1) is 0 Å². The predicted molar refractivity (Wildman–Crippen MR) is 72.9 cm³/mol. The molecule has 1 aromatic carbocycles. The van der Waals surface area contributed by atoms with Crippen LogP contribution in [0.4, 0.5) is 0 Å². The van der Waals surface area contributed by atoms with Gasteiger partial charge in [-0.3, -0.25) is 4.98 Å². The quantitative estimate of drug-likeness (QED) is 0.761. The van der Waals surface area contributed by atoms with Gasteiger partial charge in [-0.25, -0.2) is 4.98 Å². The second-order valence-corrected chi connectivity index (χ2v) is 4.92. The Kier molecular flexibility index (Phi) is 2.12. The molecule has 1 aliphatic carbocycles. The van der Waals surface area contributed by atoms with E-state index in [1.54, 1.807) is 18.5 Å². The van der Waals surface area contributed by atoms with Crippen LogP contribution < -0.4 is 0 Å². The van der Waals surface area contributed by atoms with E-state index in [1.165, 1.54) is 12.8 Å². The van der Waals surface area contributed by atoms with Crippen molar-refractivity contribution in [2.24, 2.45) is 0 Å². The first kappa shape index (κ1) is 10.6. The third-order valence-electron chi connectivity index (χ3n) is 3.55. The molecule has 0 spiro atoms. The molecule has 19 heavy (non-hydrogen) atoms. The minimum Gasteiger partial charge on any atom is -0.507 e. The molecule has 0 unspecified atom stereocenters. The van der Waals surface area contributed by atoms with Crippen molar-refractivity contribution >= 4 is 11.0 Å². The Morgan fingerprint density at radius 2 is 2.00 bits per heavy atom. The summed E-state index contributed by atoms with van der Waals surface area (Å²) in [7, 11) is 0. The fourth-order valence-electron chi connectivity index (χ4n) is 2.51. The molecule has 1 aliphatic rings. The van der Waals surface area contributed by atoms with Gasteiger partial charge in [-0.2, -0.15) is 0 Å². The van der Waals surface area contributed by atoms with Gasteiger partial charge < -0.3 is 9.67 Å². The summed E-state index contributed by atoms with van der Waals surface area (Å²) in [6.45, 7) is 0. The molecule has 0 bridgehead atoms. The Labute approximate surface area is 110 Å². The predicted octanol–water partition coefficient (Wildman–Crippen LogP) is 3.14. The van der Waals surface area contributed by atoms with E-state index in [-0.39, 0.29) is 5.75 Å². The van der Waals surface area contributed by atoms with Crippen LogP contribution >= 0.6 is 0 Å². The molecule has 2 aromatic heterocycles. The number of para-hydroxylation sites is 1. The zero-order chi connectivity index (χ0) is 12.8. The van der Waals surface area contributed by atoms with Crippen LogP contribution in [0.1, 0.15) is 18.9 Å². The topological polar surface area (TPSA) is 50.9 Å². The van der Waals surface area contributed by atoms with E-state index in [1.807, 2.05) is 24.3 Å². The summed E-state index contributed by atoms with van der Waals surface area (Å²) in [5.74, 6) is 1.11. The molecule has 3 aromatic rings. The molecule has 1 saturated carbocycles. The molecule has 0 amide bonds. The van der Waals surface area contributed by atoms with Crippen molar-refractivity contribution in [2.75, 3.05) is 0 Å². The number of fused-ring (bicyclic) bond motifs is 1. The number of phenolic OH excluding ortho intramolecular Hbond substituents is 1. The van der Waals surface area contributed by atoms with Crippen LogP contribution in [-0.4, -0.2) is 19.6 Å². The fourth-order valence-corrected chi connectivity index (χ4v) is 2.51. The molecule has 4 rings (SSSR count). The lowest BCUT2D eigenvalue weighted by molar-refractivity contribution is 0.476. The van der Waals surface area contributed by atoms with Gasteiger partial charge in [-0.1, -0.05) is 12.1 Å². The highest BCUT2D eigenvalue weighted by Crippen LogP contribution is 2.42. The lowest BCUT2D eigenvalue weighted by Gasteiger charge is -2.08. The zero-order valence-electron chi connectivity index (χ0n) is 10.3. The molecule has 4 heteroatoms. The Morgan fingerprint density at radius 3 is 2.79 bits per heavy atom. The van der Waals surface area contributed by atoms with Crippen LogP contribution in [0.15, 0.2) is 42.7 Å². The summed E-state index contributed by atoms with van der Waals surface area (Å²) in [4.78, 5) is 8.77. The first-order valence-electron chi connectivity index (χ1n) is 6.45. The lowest BCUT2D eigenvalue weighted by atomic mass is 10.2. The van der Waals surface area contributed by atoms with E-state index >= 15 is 0 Å². The molecule has 0 saturated heterocycles. The van der Waals surface area contributed by atoms with Gasteiger partial charge in [0.2, 0.25) is 0 Å². The van der Waals surface area contributed by atoms with Crippen molar-refractivity contribution in [3.05, 3.63) is 42.7 Å². The summed E-state index contributed by atoms with van der Waals surface area (Å²) < 4.78 is 2.23. The van der Waals surface area contributed by atoms with Crippen LogP contribution in [0.5, 0.6) is 5.75 Å².